The van der Waals surface area contributed by atoms with Crippen LogP contribution in [0.4, 0.5) is 5.69 Å². The van der Waals surface area contributed by atoms with Crippen molar-refractivity contribution in [3.8, 4) is 11.5 Å². The number of fused-ring (bicyclic) bond motifs is 1. The van der Waals surface area contributed by atoms with E-state index < -0.39 is 4.92 Å². The van der Waals surface area contributed by atoms with Crippen LogP contribution >= 0.6 is 0 Å². The quantitative estimate of drug-likeness (QED) is 0.477. The molecule has 2 aliphatic carbocycles. The van der Waals surface area contributed by atoms with Crippen molar-refractivity contribution in [2.45, 2.75) is 32.6 Å². The molecule has 0 radical (unpaired) electrons. The summed E-state index contributed by atoms with van der Waals surface area (Å²) >= 11 is 0. The number of carbonyl (C=O) groups is 1. The maximum atomic E-state index is 12.4. The van der Waals surface area contributed by atoms with Crippen molar-refractivity contribution in [1.82, 2.24) is 5.43 Å². The molecular formula is C18H23N3O5. The molecule has 1 N–H and O–H groups in total. The van der Waals surface area contributed by atoms with Crippen molar-refractivity contribution in [2.75, 3.05) is 14.2 Å². The molecule has 1 aromatic carbocycles. The molecule has 2 saturated carbocycles. The van der Waals surface area contributed by atoms with Crippen LogP contribution in [0.15, 0.2) is 17.2 Å². The number of carbonyl (C=O) groups excluding carboxylic acids is 1. The molecule has 0 spiro atoms. The third-order valence-corrected chi connectivity index (χ3v) is 5.72. The molecule has 3 rings (SSSR count). The molecule has 0 saturated heterocycles. The Hall–Kier alpha value is -2.64. The van der Waals surface area contributed by atoms with Crippen molar-refractivity contribution in [3.63, 3.8) is 0 Å². The monoisotopic (exact) mass is 361 g/mol. The van der Waals surface area contributed by atoms with Crippen LogP contribution in [-0.2, 0) is 4.79 Å². The first kappa shape index (κ1) is 18.2. The lowest BCUT2D eigenvalue weighted by atomic mass is 9.90. The van der Waals surface area contributed by atoms with Crippen molar-refractivity contribution < 1.29 is 19.2 Å². The molecule has 0 heterocycles. The van der Waals surface area contributed by atoms with Gasteiger partial charge >= 0.3 is 5.69 Å². The molecule has 0 bridgehead atoms. The summed E-state index contributed by atoms with van der Waals surface area (Å²) in [4.78, 5) is 23.0. The average molecular weight is 361 g/mol. The van der Waals surface area contributed by atoms with Crippen molar-refractivity contribution in [2.24, 2.45) is 22.4 Å². The van der Waals surface area contributed by atoms with E-state index in [4.69, 9.17) is 9.47 Å². The number of nitro benzene ring substituents is 1. The summed E-state index contributed by atoms with van der Waals surface area (Å²) in [6.45, 7) is 2.17. The van der Waals surface area contributed by atoms with Gasteiger partial charge in [-0.3, -0.25) is 14.9 Å². The Morgan fingerprint density at radius 2 is 2.08 bits per heavy atom. The predicted octanol–water partition coefficient (Wildman–Crippen LogP) is 2.89. The van der Waals surface area contributed by atoms with Gasteiger partial charge in [0.2, 0.25) is 11.7 Å². The number of amides is 1. The molecule has 0 aromatic heterocycles. The highest BCUT2D eigenvalue weighted by Gasteiger charge is 2.64. The van der Waals surface area contributed by atoms with Gasteiger partial charge in [-0.1, -0.05) is 19.8 Å². The Morgan fingerprint density at radius 3 is 2.65 bits per heavy atom. The van der Waals surface area contributed by atoms with Crippen LogP contribution in [-0.4, -0.2) is 31.3 Å². The van der Waals surface area contributed by atoms with Crippen molar-refractivity contribution in [1.29, 1.82) is 0 Å². The minimum Gasteiger partial charge on any atom is -0.496 e. The Kier molecular flexibility index (Phi) is 4.84. The smallest absolute Gasteiger partial charge is 0.311 e. The summed E-state index contributed by atoms with van der Waals surface area (Å²) in [5.74, 6) is 0.843. The molecule has 26 heavy (non-hydrogen) atoms. The summed E-state index contributed by atoms with van der Waals surface area (Å²) < 4.78 is 10.2. The van der Waals surface area contributed by atoms with Gasteiger partial charge in [-0.25, -0.2) is 5.43 Å². The third-order valence-electron chi connectivity index (χ3n) is 5.72. The second-order valence-corrected chi connectivity index (χ2v) is 7.09. The molecule has 1 amide bonds. The topological polar surface area (TPSA) is 103 Å². The Labute approximate surface area is 151 Å². The van der Waals surface area contributed by atoms with E-state index in [0.717, 1.165) is 12.8 Å². The number of rotatable bonds is 6. The van der Waals surface area contributed by atoms with Crippen LogP contribution in [0, 0.1) is 27.4 Å². The number of hydrogen-bond donors (Lipinski definition) is 1. The number of methoxy groups -OCH3 is 2. The highest BCUT2D eigenvalue weighted by molar-refractivity contribution is 5.88. The first-order chi connectivity index (χ1) is 12.4. The van der Waals surface area contributed by atoms with Gasteiger partial charge in [0.05, 0.1) is 25.4 Å². The van der Waals surface area contributed by atoms with E-state index in [9.17, 15) is 14.9 Å². The summed E-state index contributed by atoms with van der Waals surface area (Å²) in [6.07, 6.45) is 5.89. The second-order valence-electron chi connectivity index (χ2n) is 7.09. The molecule has 0 aliphatic heterocycles. The van der Waals surface area contributed by atoms with Gasteiger partial charge in [-0.15, -0.1) is 0 Å². The molecule has 8 heteroatoms. The fourth-order valence-electron chi connectivity index (χ4n) is 4.24. The summed E-state index contributed by atoms with van der Waals surface area (Å²) in [7, 11) is 2.80. The SMILES string of the molecule is COc1cc(OC)c([N+](=O)[O-])cc1/C=N\NC(=O)[C@@H]1[C@@H]2CCCC[C@]12C. The molecule has 2 fully saturated rings. The molecule has 8 nitrogen and oxygen atoms in total. The van der Waals surface area contributed by atoms with Crippen LogP contribution in [0.5, 0.6) is 11.5 Å². The molecule has 3 atom stereocenters. The molecule has 2 aliphatic rings. The zero-order chi connectivity index (χ0) is 18.9. The van der Waals surface area contributed by atoms with E-state index in [0.29, 0.717) is 17.2 Å². The zero-order valence-electron chi connectivity index (χ0n) is 15.2. The standard InChI is InChI=1S/C18H23N3O5/c1-18-7-5-4-6-12(18)16(18)17(22)20-19-10-11-8-13(21(23)24)15(26-3)9-14(11)25-2/h8-10,12,16H,4-7H2,1-3H3,(H,20,22)/b19-10-/t12-,16-,18-/m0/s1. The average Bonchev–Trinajstić information content (AvgIpc) is 3.26. The third kappa shape index (κ3) is 3.11. The van der Waals surface area contributed by atoms with Crippen LogP contribution < -0.4 is 14.9 Å². The summed E-state index contributed by atoms with van der Waals surface area (Å²) in [5, 5.41) is 15.2. The van der Waals surface area contributed by atoms with Gasteiger partial charge in [0, 0.05) is 23.6 Å². The van der Waals surface area contributed by atoms with E-state index >= 15 is 0 Å². The highest BCUT2D eigenvalue weighted by atomic mass is 16.6. The van der Waals surface area contributed by atoms with E-state index in [1.54, 1.807) is 0 Å². The first-order valence-corrected chi connectivity index (χ1v) is 8.65. The fourth-order valence-corrected chi connectivity index (χ4v) is 4.24. The van der Waals surface area contributed by atoms with E-state index in [1.807, 2.05) is 0 Å². The van der Waals surface area contributed by atoms with Gasteiger partial charge < -0.3 is 9.47 Å². The van der Waals surface area contributed by atoms with Gasteiger partial charge in [0.25, 0.3) is 0 Å². The number of hydrogen-bond acceptors (Lipinski definition) is 6. The van der Waals surface area contributed by atoms with Crippen LogP contribution in [0.1, 0.15) is 38.2 Å². The lowest BCUT2D eigenvalue weighted by Gasteiger charge is -2.15. The van der Waals surface area contributed by atoms with Crippen LogP contribution in [0.2, 0.25) is 0 Å². The molecule has 140 valence electrons. The number of hydrazone groups is 1. The summed E-state index contributed by atoms with van der Waals surface area (Å²) in [6, 6.07) is 2.74. The van der Waals surface area contributed by atoms with Crippen molar-refractivity contribution in [3.05, 3.63) is 27.8 Å². The van der Waals surface area contributed by atoms with Gasteiger partial charge in [-0.2, -0.15) is 5.10 Å². The Bertz CT molecular complexity index is 763. The lowest BCUT2D eigenvalue weighted by molar-refractivity contribution is -0.385. The zero-order valence-corrected chi connectivity index (χ0v) is 15.2. The lowest BCUT2D eigenvalue weighted by Crippen LogP contribution is -2.22. The largest absolute Gasteiger partial charge is 0.496 e. The minimum absolute atomic E-state index is 0.00856. The Balaban J connectivity index is 1.73. The molecule has 0 unspecified atom stereocenters. The predicted molar refractivity (Wildman–Crippen MR) is 95.5 cm³/mol. The van der Waals surface area contributed by atoms with Crippen LogP contribution in [0.3, 0.4) is 0 Å². The first-order valence-electron chi connectivity index (χ1n) is 8.65. The number of nitro groups is 1. The number of benzene rings is 1. The second kappa shape index (κ2) is 6.93. The fraction of sp³-hybridized carbons (Fsp3) is 0.556. The van der Waals surface area contributed by atoms with E-state index in [2.05, 4.69) is 17.5 Å². The van der Waals surface area contributed by atoms with E-state index in [-0.39, 0.29) is 28.7 Å². The maximum absolute atomic E-state index is 12.4. The Morgan fingerprint density at radius 1 is 1.35 bits per heavy atom. The highest BCUT2D eigenvalue weighted by Crippen LogP contribution is 2.66. The van der Waals surface area contributed by atoms with Gasteiger partial charge in [0.15, 0.2) is 0 Å². The van der Waals surface area contributed by atoms with Crippen molar-refractivity contribution >= 4 is 17.8 Å². The molecule has 1 aromatic rings. The maximum Gasteiger partial charge on any atom is 0.311 e. The minimum atomic E-state index is -0.538. The number of nitrogens with zero attached hydrogens (tertiary/aromatic N) is 2. The van der Waals surface area contributed by atoms with Gasteiger partial charge in [-0.05, 0) is 24.2 Å². The summed E-state index contributed by atoms with van der Waals surface area (Å²) in [5.41, 5.74) is 2.88. The number of ether oxygens (including phenoxy) is 2. The van der Waals surface area contributed by atoms with Gasteiger partial charge in [0.1, 0.15) is 5.75 Å². The molecular weight excluding hydrogens is 338 g/mol. The normalized spacial score (nSPS) is 26.9. The van der Waals surface area contributed by atoms with Crippen LogP contribution in [0.25, 0.3) is 0 Å². The van der Waals surface area contributed by atoms with E-state index in [1.165, 1.54) is 45.4 Å². The number of nitrogens with one attached hydrogen (secondary N) is 1.